The van der Waals surface area contributed by atoms with Crippen LogP contribution in [0.15, 0.2) is 60.8 Å². The minimum atomic E-state index is 0.791. The van der Waals surface area contributed by atoms with Gasteiger partial charge >= 0.3 is 0 Å². The quantitative estimate of drug-likeness (QED) is 0.563. The Labute approximate surface area is 151 Å². The van der Waals surface area contributed by atoms with E-state index in [-0.39, 0.29) is 0 Å². The van der Waals surface area contributed by atoms with Crippen molar-refractivity contribution < 1.29 is 4.74 Å². The molecule has 6 heteroatoms. The van der Waals surface area contributed by atoms with Gasteiger partial charge in [-0.2, -0.15) is 0 Å². The lowest BCUT2D eigenvalue weighted by atomic mass is 10.3. The Balaban J connectivity index is 1.77. The highest BCUT2D eigenvalue weighted by Crippen LogP contribution is 2.27. The van der Waals surface area contributed by atoms with Crippen molar-refractivity contribution in [3.8, 4) is 17.3 Å². The summed E-state index contributed by atoms with van der Waals surface area (Å²) in [5.41, 5.74) is 2.72. The molecule has 0 radical (unpaired) electrons. The van der Waals surface area contributed by atoms with Crippen LogP contribution in [0.2, 0.25) is 0 Å². The predicted molar refractivity (Wildman–Crippen MR) is 103 cm³/mol. The lowest BCUT2D eigenvalue weighted by molar-refractivity contribution is 0.415. The molecular formula is C20H19N5O. The van der Waals surface area contributed by atoms with E-state index in [9.17, 15) is 0 Å². The largest absolute Gasteiger partial charge is 0.497 e. The molecule has 0 saturated heterocycles. The van der Waals surface area contributed by atoms with Crippen LogP contribution in [0.25, 0.3) is 22.6 Å². The van der Waals surface area contributed by atoms with Crippen molar-refractivity contribution in [2.75, 3.05) is 19.1 Å². The summed E-state index contributed by atoms with van der Waals surface area (Å²) < 4.78 is 7.34. The molecule has 0 fully saturated rings. The van der Waals surface area contributed by atoms with Gasteiger partial charge in [0, 0.05) is 26.4 Å². The fourth-order valence-corrected chi connectivity index (χ4v) is 2.94. The van der Waals surface area contributed by atoms with Gasteiger partial charge in [0.1, 0.15) is 23.1 Å². The van der Waals surface area contributed by atoms with Gasteiger partial charge < -0.3 is 14.2 Å². The zero-order valence-corrected chi connectivity index (χ0v) is 14.9. The van der Waals surface area contributed by atoms with Crippen molar-refractivity contribution in [2.24, 2.45) is 7.05 Å². The van der Waals surface area contributed by atoms with E-state index in [4.69, 9.17) is 14.7 Å². The number of ether oxygens (including phenoxy) is 1. The fourth-order valence-electron chi connectivity index (χ4n) is 2.94. The predicted octanol–water partition coefficient (Wildman–Crippen LogP) is 3.81. The zero-order chi connectivity index (χ0) is 18.1. The molecule has 4 rings (SSSR count). The number of rotatable bonds is 4. The van der Waals surface area contributed by atoms with Gasteiger partial charge in [-0.3, -0.25) is 0 Å². The SMILES string of the molecule is COc1ccc2c(c1)nc(-c1cccc(N(C)c3ccccn3)n1)n2C. The Hall–Kier alpha value is -3.41. The third-order valence-corrected chi connectivity index (χ3v) is 4.39. The van der Waals surface area contributed by atoms with Gasteiger partial charge in [0.05, 0.1) is 18.1 Å². The Morgan fingerprint density at radius 1 is 0.962 bits per heavy atom. The zero-order valence-electron chi connectivity index (χ0n) is 14.9. The van der Waals surface area contributed by atoms with E-state index in [0.29, 0.717) is 0 Å². The third kappa shape index (κ3) is 2.75. The molecule has 0 spiro atoms. The van der Waals surface area contributed by atoms with E-state index in [1.54, 1.807) is 13.3 Å². The molecular weight excluding hydrogens is 326 g/mol. The summed E-state index contributed by atoms with van der Waals surface area (Å²) >= 11 is 0. The van der Waals surface area contributed by atoms with Crippen molar-refractivity contribution in [3.05, 3.63) is 60.8 Å². The molecule has 3 heterocycles. The first-order chi connectivity index (χ1) is 12.7. The Morgan fingerprint density at radius 2 is 1.81 bits per heavy atom. The number of methoxy groups -OCH3 is 1. The summed E-state index contributed by atoms with van der Waals surface area (Å²) in [6.45, 7) is 0. The number of aromatic nitrogens is 4. The average molecular weight is 345 g/mol. The summed E-state index contributed by atoms with van der Waals surface area (Å²) in [6.07, 6.45) is 1.77. The Bertz CT molecular complexity index is 1060. The number of anilines is 2. The summed E-state index contributed by atoms with van der Waals surface area (Å²) in [4.78, 5) is 15.9. The summed E-state index contributed by atoms with van der Waals surface area (Å²) in [5, 5.41) is 0. The van der Waals surface area contributed by atoms with Gasteiger partial charge in [-0.25, -0.2) is 15.0 Å². The standard InChI is InChI=1S/C20H19N5O/c1-24-17-11-10-14(26-3)13-16(17)23-20(24)15-7-6-9-19(22-15)25(2)18-8-4-5-12-21-18/h4-13H,1-3H3. The van der Waals surface area contributed by atoms with Gasteiger partial charge in [-0.15, -0.1) is 0 Å². The number of nitrogens with zero attached hydrogens (tertiary/aromatic N) is 5. The second-order valence-electron chi connectivity index (χ2n) is 5.98. The molecule has 1 aromatic carbocycles. The van der Waals surface area contributed by atoms with Crippen molar-refractivity contribution in [1.29, 1.82) is 0 Å². The van der Waals surface area contributed by atoms with Crippen LogP contribution in [-0.4, -0.2) is 33.7 Å². The van der Waals surface area contributed by atoms with E-state index in [0.717, 1.165) is 39.9 Å². The highest BCUT2D eigenvalue weighted by molar-refractivity contribution is 5.81. The van der Waals surface area contributed by atoms with E-state index in [1.807, 2.05) is 78.2 Å². The molecule has 0 unspecified atom stereocenters. The molecule has 0 saturated carbocycles. The van der Waals surface area contributed by atoms with Crippen LogP contribution in [0.1, 0.15) is 0 Å². The fraction of sp³-hybridized carbons (Fsp3) is 0.150. The van der Waals surface area contributed by atoms with Crippen LogP contribution < -0.4 is 9.64 Å². The van der Waals surface area contributed by atoms with Crippen LogP contribution in [0.4, 0.5) is 11.6 Å². The summed E-state index contributed by atoms with van der Waals surface area (Å²) in [7, 11) is 5.60. The maximum atomic E-state index is 5.30. The molecule has 0 atom stereocenters. The normalized spacial score (nSPS) is 10.9. The second-order valence-corrected chi connectivity index (χ2v) is 5.98. The molecule has 3 aromatic heterocycles. The molecule has 0 aliphatic rings. The monoisotopic (exact) mass is 345 g/mol. The molecule has 26 heavy (non-hydrogen) atoms. The number of pyridine rings is 2. The maximum absolute atomic E-state index is 5.30. The van der Waals surface area contributed by atoms with Crippen LogP contribution in [-0.2, 0) is 7.05 Å². The van der Waals surface area contributed by atoms with Crippen molar-refractivity contribution in [1.82, 2.24) is 19.5 Å². The smallest absolute Gasteiger partial charge is 0.159 e. The topological polar surface area (TPSA) is 56.1 Å². The van der Waals surface area contributed by atoms with Gasteiger partial charge in [0.25, 0.3) is 0 Å². The number of hydrogen-bond donors (Lipinski definition) is 0. The van der Waals surface area contributed by atoms with Crippen molar-refractivity contribution in [2.45, 2.75) is 0 Å². The summed E-state index contributed by atoms with van der Waals surface area (Å²) in [6, 6.07) is 17.6. The van der Waals surface area contributed by atoms with E-state index in [2.05, 4.69) is 4.98 Å². The third-order valence-electron chi connectivity index (χ3n) is 4.39. The lowest BCUT2D eigenvalue weighted by Crippen LogP contribution is -2.12. The number of hydrogen-bond acceptors (Lipinski definition) is 5. The maximum Gasteiger partial charge on any atom is 0.159 e. The highest BCUT2D eigenvalue weighted by Gasteiger charge is 2.14. The molecule has 0 bridgehead atoms. The molecule has 0 aliphatic heterocycles. The van der Waals surface area contributed by atoms with E-state index < -0.39 is 0 Å². The van der Waals surface area contributed by atoms with Crippen LogP contribution >= 0.6 is 0 Å². The van der Waals surface area contributed by atoms with Crippen molar-refractivity contribution in [3.63, 3.8) is 0 Å². The van der Waals surface area contributed by atoms with Gasteiger partial charge in [0.2, 0.25) is 0 Å². The number of fused-ring (bicyclic) bond motifs is 1. The van der Waals surface area contributed by atoms with Gasteiger partial charge in [-0.1, -0.05) is 12.1 Å². The van der Waals surface area contributed by atoms with E-state index in [1.165, 1.54) is 0 Å². The first-order valence-corrected chi connectivity index (χ1v) is 8.30. The average Bonchev–Trinajstić information content (AvgIpc) is 3.04. The second kappa shape index (κ2) is 6.48. The number of benzene rings is 1. The minimum absolute atomic E-state index is 0.791. The van der Waals surface area contributed by atoms with Crippen LogP contribution in [0, 0.1) is 0 Å². The van der Waals surface area contributed by atoms with Gasteiger partial charge in [-0.05, 0) is 36.4 Å². The van der Waals surface area contributed by atoms with Gasteiger partial charge in [0.15, 0.2) is 5.82 Å². The Morgan fingerprint density at radius 3 is 2.58 bits per heavy atom. The Kier molecular flexibility index (Phi) is 4.01. The molecule has 4 aromatic rings. The lowest BCUT2D eigenvalue weighted by Gasteiger charge is -2.17. The molecule has 6 nitrogen and oxygen atoms in total. The minimum Gasteiger partial charge on any atom is -0.497 e. The molecule has 130 valence electrons. The highest BCUT2D eigenvalue weighted by atomic mass is 16.5. The first-order valence-electron chi connectivity index (χ1n) is 8.30. The number of imidazole rings is 1. The van der Waals surface area contributed by atoms with E-state index >= 15 is 0 Å². The van der Waals surface area contributed by atoms with Crippen LogP contribution in [0.3, 0.4) is 0 Å². The van der Waals surface area contributed by atoms with Crippen molar-refractivity contribution >= 4 is 22.7 Å². The first kappa shape index (κ1) is 16.1. The molecule has 0 aliphatic carbocycles. The molecule has 0 amide bonds. The number of aryl methyl sites for hydroxylation is 1. The molecule has 0 N–H and O–H groups in total. The van der Waals surface area contributed by atoms with Crippen LogP contribution in [0.5, 0.6) is 5.75 Å². The summed E-state index contributed by atoms with van der Waals surface area (Å²) in [5.74, 6) is 3.25.